The fraction of sp³-hybridized carbons (Fsp3) is 0.200. The van der Waals surface area contributed by atoms with E-state index in [0.717, 1.165) is 12.1 Å². The molecule has 0 bridgehead atoms. The van der Waals surface area contributed by atoms with Crippen LogP contribution >= 0.6 is 34.3 Å². The Morgan fingerprint density at radius 1 is 1.38 bits per heavy atom. The first kappa shape index (κ1) is 11.9. The van der Waals surface area contributed by atoms with Crippen LogP contribution in [0.1, 0.15) is 17.3 Å². The smallest absolute Gasteiger partial charge is 0.0929 e. The lowest BCUT2D eigenvalue weighted by atomic mass is 10.0. The molecule has 0 saturated heterocycles. The first-order valence-corrected chi connectivity index (χ1v) is 6.58. The van der Waals surface area contributed by atoms with Gasteiger partial charge in [-0.1, -0.05) is 12.1 Å². The van der Waals surface area contributed by atoms with Crippen molar-refractivity contribution in [3.63, 3.8) is 0 Å². The summed E-state index contributed by atoms with van der Waals surface area (Å²) in [5.41, 5.74) is 4.90. The van der Waals surface area contributed by atoms with E-state index in [9.17, 15) is 0 Å². The molecule has 0 aliphatic rings. The number of nitrogens with one attached hydrogen (secondary N) is 1. The Hall–Kier alpha value is -0.570. The highest BCUT2D eigenvalue weighted by atomic mass is 127. The summed E-state index contributed by atoms with van der Waals surface area (Å²) in [6, 6.07) is 8.41. The molecule has 2 aromatic rings. The van der Waals surface area contributed by atoms with Crippen LogP contribution in [0.25, 0.3) is 0 Å². The molecule has 1 aromatic heterocycles. The Balaban J connectivity index is 2.10. The van der Waals surface area contributed by atoms with Crippen molar-refractivity contribution in [1.82, 2.24) is 14.2 Å². The first-order chi connectivity index (χ1) is 7.79. The topological polar surface area (TPSA) is 63.8 Å². The van der Waals surface area contributed by atoms with Crippen molar-refractivity contribution in [1.29, 1.82) is 0 Å². The van der Waals surface area contributed by atoms with Gasteiger partial charge in [-0.15, -0.1) is 0 Å². The van der Waals surface area contributed by atoms with Gasteiger partial charge in [0.2, 0.25) is 0 Å². The van der Waals surface area contributed by atoms with Gasteiger partial charge in [0.25, 0.3) is 0 Å². The maximum Gasteiger partial charge on any atom is 0.0929 e. The summed E-state index contributed by atoms with van der Waals surface area (Å²) < 4.78 is 9.40. The zero-order chi connectivity index (χ0) is 11.4. The van der Waals surface area contributed by atoms with E-state index in [1.165, 1.54) is 20.9 Å². The van der Waals surface area contributed by atoms with Crippen LogP contribution in [0.4, 0.5) is 0 Å². The van der Waals surface area contributed by atoms with Crippen LogP contribution in [0.15, 0.2) is 30.5 Å². The van der Waals surface area contributed by atoms with Crippen LogP contribution in [-0.2, 0) is 6.42 Å². The van der Waals surface area contributed by atoms with Crippen LogP contribution < -0.4 is 11.3 Å². The molecule has 1 unspecified atom stereocenters. The van der Waals surface area contributed by atoms with E-state index in [1.807, 2.05) is 0 Å². The molecule has 3 N–H and O–H groups in total. The quantitative estimate of drug-likeness (QED) is 0.504. The highest BCUT2D eigenvalue weighted by Gasteiger charge is 2.12. The second-order valence-electron chi connectivity index (χ2n) is 3.38. The maximum atomic E-state index is 5.53. The van der Waals surface area contributed by atoms with Crippen molar-refractivity contribution in [3.8, 4) is 0 Å². The van der Waals surface area contributed by atoms with Gasteiger partial charge in [-0.2, -0.15) is 8.75 Å². The van der Waals surface area contributed by atoms with E-state index < -0.39 is 0 Å². The molecule has 6 heteroatoms. The van der Waals surface area contributed by atoms with Gasteiger partial charge < -0.3 is 0 Å². The lowest BCUT2D eigenvalue weighted by Crippen LogP contribution is -2.29. The number of rotatable bonds is 4. The molecule has 0 fully saturated rings. The molecule has 1 atom stereocenters. The number of nitrogens with two attached hydrogens (primary N) is 1. The van der Waals surface area contributed by atoms with Crippen molar-refractivity contribution in [2.45, 2.75) is 12.5 Å². The number of benzene rings is 1. The third-order valence-electron chi connectivity index (χ3n) is 2.29. The SMILES string of the molecule is NNC(Cc1ccc(I)cc1)c1cnsn1. The molecule has 0 aliphatic carbocycles. The lowest BCUT2D eigenvalue weighted by molar-refractivity contribution is 0.542. The molecule has 4 nitrogen and oxygen atoms in total. The minimum Gasteiger partial charge on any atom is -0.271 e. The van der Waals surface area contributed by atoms with Gasteiger partial charge in [0.1, 0.15) is 0 Å². The molecule has 0 saturated carbocycles. The van der Waals surface area contributed by atoms with E-state index in [4.69, 9.17) is 5.84 Å². The molecule has 0 radical (unpaired) electrons. The summed E-state index contributed by atoms with van der Waals surface area (Å²) in [5, 5.41) is 0. The monoisotopic (exact) mass is 346 g/mol. The molecule has 0 aliphatic heterocycles. The number of hydrazine groups is 1. The van der Waals surface area contributed by atoms with Crippen LogP contribution in [-0.4, -0.2) is 8.75 Å². The van der Waals surface area contributed by atoms with Crippen molar-refractivity contribution >= 4 is 34.3 Å². The van der Waals surface area contributed by atoms with E-state index >= 15 is 0 Å². The third-order valence-corrected chi connectivity index (χ3v) is 3.50. The third kappa shape index (κ3) is 2.97. The van der Waals surface area contributed by atoms with Crippen molar-refractivity contribution in [3.05, 3.63) is 45.3 Å². The summed E-state index contributed by atoms with van der Waals surface area (Å²) in [6.07, 6.45) is 2.57. The van der Waals surface area contributed by atoms with Crippen molar-refractivity contribution in [2.24, 2.45) is 5.84 Å². The van der Waals surface area contributed by atoms with Gasteiger partial charge >= 0.3 is 0 Å². The molecule has 1 heterocycles. The zero-order valence-corrected chi connectivity index (χ0v) is 11.4. The minimum absolute atomic E-state index is 0.0267. The normalized spacial score (nSPS) is 12.6. The summed E-state index contributed by atoms with van der Waals surface area (Å²) in [4.78, 5) is 0. The standard InChI is InChI=1S/C10H11IN4S/c11-8-3-1-7(2-4-8)5-9(14-12)10-6-13-16-15-10/h1-4,6,9,14H,5,12H2. The van der Waals surface area contributed by atoms with Gasteiger partial charge in [-0.25, -0.2) is 0 Å². The van der Waals surface area contributed by atoms with E-state index in [1.54, 1.807) is 6.20 Å². The van der Waals surface area contributed by atoms with E-state index in [2.05, 4.69) is 61.0 Å². The predicted octanol–water partition coefficient (Wildman–Crippen LogP) is 1.89. The summed E-state index contributed by atoms with van der Waals surface area (Å²) >= 11 is 3.49. The summed E-state index contributed by atoms with van der Waals surface area (Å²) in [5.74, 6) is 5.53. The Labute approximate surface area is 112 Å². The van der Waals surface area contributed by atoms with Gasteiger partial charge in [0.15, 0.2) is 0 Å². The Kier molecular flexibility index (Phi) is 4.22. The summed E-state index contributed by atoms with van der Waals surface area (Å²) in [6.45, 7) is 0. The number of halogens is 1. The molecule has 1 aromatic carbocycles. The van der Waals surface area contributed by atoms with Crippen LogP contribution in [0, 0.1) is 3.57 Å². The molecular weight excluding hydrogens is 335 g/mol. The molecule has 84 valence electrons. The highest BCUT2D eigenvalue weighted by molar-refractivity contribution is 14.1. The number of hydrogen-bond acceptors (Lipinski definition) is 5. The second-order valence-corrected chi connectivity index (χ2v) is 5.18. The predicted molar refractivity (Wildman–Crippen MR) is 72.8 cm³/mol. The fourth-order valence-electron chi connectivity index (χ4n) is 1.43. The lowest BCUT2D eigenvalue weighted by Gasteiger charge is -2.12. The number of hydrogen-bond donors (Lipinski definition) is 2. The Morgan fingerprint density at radius 3 is 2.69 bits per heavy atom. The summed E-state index contributed by atoms with van der Waals surface area (Å²) in [7, 11) is 0. The zero-order valence-electron chi connectivity index (χ0n) is 8.43. The van der Waals surface area contributed by atoms with Crippen LogP contribution in [0.5, 0.6) is 0 Å². The molecule has 2 rings (SSSR count). The van der Waals surface area contributed by atoms with E-state index in [0.29, 0.717) is 0 Å². The first-order valence-electron chi connectivity index (χ1n) is 4.77. The average molecular weight is 346 g/mol. The number of aromatic nitrogens is 2. The second kappa shape index (κ2) is 5.67. The van der Waals surface area contributed by atoms with Crippen LogP contribution in [0.2, 0.25) is 0 Å². The van der Waals surface area contributed by atoms with Crippen LogP contribution in [0.3, 0.4) is 0 Å². The number of nitrogens with zero attached hydrogens (tertiary/aromatic N) is 2. The minimum atomic E-state index is 0.0267. The molecular formula is C10H11IN4S. The molecule has 16 heavy (non-hydrogen) atoms. The van der Waals surface area contributed by atoms with Crippen molar-refractivity contribution in [2.75, 3.05) is 0 Å². The van der Waals surface area contributed by atoms with Gasteiger partial charge in [-0.05, 0) is 46.7 Å². The Bertz CT molecular complexity index is 429. The fourth-order valence-corrected chi connectivity index (χ4v) is 2.26. The van der Waals surface area contributed by atoms with Gasteiger partial charge in [0, 0.05) is 3.57 Å². The van der Waals surface area contributed by atoms with Crippen molar-refractivity contribution < 1.29 is 0 Å². The average Bonchev–Trinajstić information content (AvgIpc) is 2.82. The van der Waals surface area contributed by atoms with Gasteiger partial charge in [0.05, 0.1) is 29.7 Å². The highest BCUT2D eigenvalue weighted by Crippen LogP contribution is 2.17. The van der Waals surface area contributed by atoms with Gasteiger partial charge in [-0.3, -0.25) is 11.3 Å². The molecule has 0 spiro atoms. The maximum absolute atomic E-state index is 5.53. The largest absolute Gasteiger partial charge is 0.271 e. The molecule has 0 amide bonds. The van der Waals surface area contributed by atoms with E-state index in [-0.39, 0.29) is 6.04 Å². The Morgan fingerprint density at radius 2 is 2.12 bits per heavy atom.